The van der Waals surface area contributed by atoms with Crippen LogP contribution in [0.5, 0.6) is 0 Å². The fourth-order valence-electron chi connectivity index (χ4n) is 3.79. The van der Waals surface area contributed by atoms with E-state index in [1.54, 1.807) is 0 Å². The molecule has 0 fully saturated rings. The molecule has 0 saturated heterocycles. The highest BCUT2D eigenvalue weighted by Crippen LogP contribution is 2.39. The summed E-state index contributed by atoms with van der Waals surface area (Å²) in [4.78, 5) is 13.4. The zero-order valence-electron chi connectivity index (χ0n) is 15.1. The van der Waals surface area contributed by atoms with Crippen molar-refractivity contribution in [2.45, 2.75) is 32.6 Å². The van der Waals surface area contributed by atoms with Crippen LogP contribution in [0.2, 0.25) is 0 Å². The molecule has 0 spiro atoms. The second-order valence-electron chi connectivity index (χ2n) is 7.00. The summed E-state index contributed by atoms with van der Waals surface area (Å²) in [6.07, 6.45) is 5.70. The lowest BCUT2D eigenvalue weighted by molar-refractivity contribution is 0.112. The van der Waals surface area contributed by atoms with Crippen LogP contribution in [0.15, 0.2) is 66.7 Å². The minimum absolute atomic E-state index is 0.702. The minimum atomic E-state index is 0.702. The molecule has 26 heavy (non-hydrogen) atoms. The molecule has 0 unspecified atom stereocenters. The normalized spacial score (nSPS) is 13.1. The Balaban J connectivity index is 1.88. The molecular weight excluding hydrogens is 318 g/mol. The van der Waals surface area contributed by atoms with Crippen LogP contribution in [0.4, 0.5) is 17.1 Å². The lowest BCUT2D eigenvalue weighted by Gasteiger charge is -2.30. The largest absolute Gasteiger partial charge is 0.310 e. The van der Waals surface area contributed by atoms with Crippen LogP contribution in [0.3, 0.4) is 0 Å². The predicted octanol–water partition coefficient (Wildman–Crippen LogP) is 6.16. The highest BCUT2D eigenvalue weighted by Gasteiger charge is 2.19. The van der Waals surface area contributed by atoms with E-state index in [-0.39, 0.29) is 0 Å². The van der Waals surface area contributed by atoms with Gasteiger partial charge in [-0.2, -0.15) is 0 Å². The van der Waals surface area contributed by atoms with Gasteiger partial charge in [-0.3, -0.25) is 4.79 Å². The Hall–Kier alpha value is -2.87. The standard InChI is InChI=1S/C24H23NO/c1-18-9-13-21(14-10-18)25(22-15-11-19(17-26)12-16-22)24-8-4-6-20-5-2-3-7-23(20)24/h4,6,8-17H,2-3,5,7H2,1H3. The minimum Gasteiger partial charge on any atom is -0.310 e. The molecule has 2 heteroatoms. The van der Waals surface area contributed by atoms with E-state index < -0.39 is 0 Å². The third kappa shape index (κ3) is 3.15. The van der Waals surface area contributed by atoms with Crippen LogP contribution >= 0.6 is 0 Å². The second-order valence-corrected chi connectivity index (χ2v) is 7.00. The number of fused-ring (bicyclic) bond motifs is 1. The van der Waals surface area contributed by atoms with Gasteiger partial charge in [0.25, 0.3) is 0 Å². The molecule has 0 bridgehead atoms. The fraction of sp³-hybridized carbons (Fsp3) is 0.208. The summed E-state index contributed by atoms with van der Waals surface area (Å²) in [5, 5.41) is 0. The van der Waals surface area contributed by atoms with Crippen molar-refractivity contribution >= 4 is 23.3 Å². The van der Waals surface area contributed by atoms with Gasteiger partial charge in [0.15, 0.2) is 0 Å². The maximum Gasteiger partial charge on any atom is 0.150 e. The van der Waals surface area contributed by atoms with Gasteiger partial charge >= 0.3 is 0 Å². The number of nitrogens with zero attached hydrogens (tertiary/aromatic N) is 1. The third-order valence-corrected chi connectivity index (χ3v) is 5.19. The summed E-state index contributed by atoms with van der Waals surface area (Å²) in [6.45, 7) is 2.11. The van der Waals surface area contributed by atoms with Gasteiger partial charge in [0, 0.05) is 22.6 Å². The molecule has 0 amide bonds. The van der Waals surface area contributed by atoms with E-state index in [9.17, 15) is 4.79 Å². The van der Waals surface area contributed by atoms with Crippen molar-refractivity contribution < 1.29 is 4.79 Å². The topological polar surface area (TPSA) is 20.3 Å². The molecule has 2 nitrogen and oxygen atoms in total. The van der Waals surface area contributed by atoms with E-state index in [4.69, 9.17) is 0 Å². The summed E-state index contributed by atoms with van der Waals surface area (Å²) in [7, 11) is 0. The molecule has 0 aliphatic heterocycles. The lowest BCUT2D eigenvalue weighted by Crippen LogP contribution is -2.15. The highest BCUT2D eigenvalue weighted by atomic mass is 16.1. The number of rotatable bonds is 4. The van der Waals surface area contributed by atoms with E-state index in [0.717, 1.165) is 30.5 Å². The SMILES string of the molecule is Cc1ccc(N(c2ccc(C=O)cc2)c2cccc3c2CCCC3)cc1. The van der Waals surface area contributed by atoms with Crippen LogP contribution in [0, 0.1) is 6.92 Å². The predicted molar refractivity (Wildman–Crippen MR) is 108 cm³/mol. The van der Waals surface area contributed by atoms with Crippen LogP contribution in [0.25, 0.3) is 0 Å². The number of hydrogen-bond acceptors (Lipinski definition) is 2. The van der Waals surface area contributed by atoms with Crippen LogP contribution in [-0.2, 0) is 12.8 Å². The molecule has 0 aromatic heterocycles. The molecule has 1 aliphatic carbocycles. The average Bonchev–Trinajstić information content (AvgIpc) is 2.70. The number of aryl methyl sites for hydroxylation is 2. The Morgan fingerprint density at radius 3 is 2.15 bits per heavy atom. The smallest absolute Gasteiger partial charge is 0.150 e. The first-order chi connectivity index (χ1) is 12.8. The summed E-state index contributed by atoms with van der Waals surface area (Å²) in [5.41, 5.74) is 8.36. The Kier molecular flexibility index (Phi) is 4.57. The molecule has 130 valence electrons. The van der Waals surface area contributed by atoms with E-state index in [2.05, 4.69) is 54.3 Å². The zero-order valence-corrected chi connectivity index (χ0v) is 15.1. The Labute approximate surface area is 155 Å². The number of anilines is 3. The number of hydrogen-bond donors (Lipinski definition) is 0. The van der Waals surface area contributed by atoms with Crippen molar-refractivity contribution in [1.82, 2.24) is 0 Å². The molecule has 0 heterocycles. The number of carbonyl (C=O) groups is 1. The molecular formula is C24H23NO. The van der Waals surface area contributed by atoms with Gasteiger partial charge in [-0.1, -0.05) is 29.8 Å². The van der Waals surface area contributed by atoms with Crippen molar-refractivity contribution in [2.75, 3.05) is 4.90 Å². The number of benzene rings is 3. The third-order valence-electron chi connectivity index (χ3n) is 5.19. The summed E-state index contributed by atoms with van der Waals surface area (Å²) in [5.74, 6) is 0. The van der Waals surface area contributed by atoms with Gasteiger partial charge in [0.1, 0.15) is 6.29 Å². The average molecular weight is 341 g/mol. The van der Waals surface area contributed by atoms with E-state index in [1.165, 1.54) is 35.2 Å². The van der Waals surface area contributed by atoms with E-state index in [1.807, 2.05) is 24.3 Å². The summed E-state index contributed by atoms with van der Waals surface area (Å²) < 4.78 is 0. The molecule has 0 N–H and O–H groups in total. The Morgan fingerprint density at radius 2 is 1.46 bits per heavy atom. The fourth-order valence-corrected chi connectivity index (χ4v) is 3.79. The van der Waals surface area contributed by atoms with E-state index in [0.29, 0.717) is 5.56 Å². The molecule has 1 aliphatic rings. The maximum absolute atomic E-state index is 11.0. The van der Waals surface area contributed by atoms with Gasteiger partial charge < -0.3 is 4.90 Å². The van der Waals surface area contributed by atoms with Gasteiger partial charge in [-0.25, -0.2) is 0 Å². The summed E-state index contributed by atoms with van der Waals surface area (Å²) in [6, 6.07) is 23.1. The molecule has 3 aromatic rings. The van der Waals surface area contributed by atoms with E-state index >= 15 is 0 Å². The number of carbonyl (C=O) groups excluding carboxylic acids is 1. The zero-order chi connectivity index (χ0) is 17.9. The van der Waals surface area contributed by atoms with Crippen molar-refractivity contribution in [2.24, 2.45) is 0 Å². The van der Waals surface area contributed by atoms with Gasteiger partial charge in [0.2, 0.25) is 0 Å². The monoisotopic (exact) mass is 341 g/mol. The van der Waals surface area contributed by atoms with Gasteiger partial charge in [-0.05, 0) is 86.2 Å². The Morgan fingerprint density at radius 1 is 0.808 bits per heavy atom. The van der Waals surface area contributed by atoms with Crippen molar-refractivity contribution in [3.8, 4) is 0 Å². The number of aldehydes is 1. The molecule has 0 saturated carbocycles. The molecule has 0 atom stereocenters. The maximum atomic E-state index is 11.0. The first kappa shape index (κ1) is 16.6. The van der Waals surface area contributed by atoms with Crippen molar-refractivity contribution in [1.29, 1.82) is 0 Å². The van der Waals surface area contributed by atoms with Crippen molar-refractivity contribution in [3.63, 3.8) is 0 Å². The molecule has 0 radical (unpaired) electrons. The second kappa shape index (κ2) is 7.17. The Bertz CT molecular complexity index is 910. The first-order valence-corrected chi connectivity index (χ1v) is 9.29. The molecule has 4 rings (SSSR count). The van der Waals surface area contributed by atoms with Gasteiger partial charge in [0.05, 0.1) is 0 Å². The lowest BCUT2D eigenvalue weighted by atomic mass is 9.90. The van der Waals surface area contributed by atoms with Crippen LogP contribution < -0.4 is 4.90 Å². The van der Waals surface area contributed by atoms with Crippen LogP contribution in [-0.4, -0.2) is 6.29 Å². The summed E-state index contributed by atoms with van der Waals surface area (Å²) >= 11 is 0. The van der Waals surface area contributed by atoms with Crippen molar-refractivity contribution in [3.05, 3.63) is 89.0 Å². The highest BCUT2D eigenvalue weighted by molar-refractivity contribution is 5.81. The molecule has 3 aromatic carbocycles. The quantitative estimate of drug-likeness (QED) is 0.530. The van der Waals surface area contributed by atoms with Crippen LogP contribution in [0.1, 0.15) is 39.9 Å². The first-order valence-electron chi connectivity index (χ1n) is 9.29. The van der Waals surface area contributed by atoms with Gasteiger partial charge in [-0.15, -0.1) is 0 Å².